The third-order valence-corrected chi connectivity index (χ3v) is 4.01. The van der Waals surface area contributed by atoms with Crippen LogP contribution >= 0.6 is 0 Å². The van der Waals surface area contributed by atoms with Gasteiger partial charge in [0.1, 0.15) is 5.69 Å². The molecule has 29 heavy (non-hydrogen) atoms. The van der Waals surface area contributed by atoms with Gasteiger partial charge in [0.15, 0.2) is 6.61 Å². The smallest absolute Gasteiger partial charge is 0.341 e. The number of esters is 1. The summed E-state index contributed by atoms with van der Waals surface area (Å²) in [5.74, 6) is -1.39. The van der Waals surface area contributed by atoms with Gasteiger partial charge in [-0.3, -0.25) is 19.6 Å². The molecule has 0 aliphatic carbocycles. The number of nitro groups is 1. The number of hydrogen-bond acceptors (Lipinski definition) is 6. The molecule has 1 aromatic heterocycles. The largest absolute Gasteiger partial charge is 0.452 e. The highest BCUT2D eigenvalue weighted by Gasteiger charge is 2.18. The van der Waals surface area contributed by atoms with Crippen LogP contribution in [-0.2, 0) is 16.1 Å². The van der Waals surface area contributed by atoms with Gasteiger partial charge >= 0.3 is 5.97 Å². The number of ether oxygens (including phenoxy) is 1. The number of aryl methyl sites for hydroxylation is 1. The van der Waals surface area contributed by atoms with Gasteiger partial charge in [0, 0.05) is 12.3 Å². The predicted octanol–water partition coefficient (Wildman–Crippen LogP) is 2.94. The second-order valence-corrected chi connectivity index (χ2v) is 6.31. The van der Waals surface area contributed by atoms with Crippen LogP contribution < -0.4 is 5.32 Å². The van der Waals surface area contributed by atoms with E-state index in [-0.39, 0.29) is 16.9 Å². The quantitative estimate of drug-likeness (QED) is 0.374. The van der Waals surface area contributed by atoms with E-state index in [1.807, 2.05) is 30.3 Å². The number of carbonyl (C=O) groups is 2. The van der Waals surface area contributed by atoms with Gasteiger partial charge in [0.25, 0.3) is 11.6 Å². The summed E-state index contributed by atoms with van der Waals surface area (Å²) in [6.07, 6.45) is 2.88. The molecule has 0 atom stereocenters. The Morgan fingerprint density at radius 2 is 1.97 bits per heavy atom. The molecular formula is C20H18N4O5. The third kappa shape index (κ3) is 5.25. The van der Waals surface area contributed by atoms with E-state index >= 15 is 0 Å². The van der Waals surface area contributed by atoms with Crippen molar-refractivity contribution in [3.8, 4) is 0 Å². The molecule has 0 spiro atoms. The summed E-state index contributed by atoms with van der Waals surface area (Å²) in [5.41, 5.74) is 1.72. The first-order chi connectivity index (χ1) is 13.9. The highest BCUT2D eigenvalue weighted by Crippen LogP contribution is 2.25. The van der Waals surface area contributed by atoms with Crippen molar-refractivity contribution in [2.24, 2.45) is 0 Å². The zero-order valence-corrected chi connectivity index (χ0v) is 15.6. The molecule has 0 saturated carbocycles. The van der Waals surface area contributed by atoms with Crippen molar-refractivity contribution < 1.29 is 19.2 Å². The van der Waals surface area contributed by atoms with Gasteiger partial charge < -0.3 is 10.1 Å². The Hall–Kier alpha value is -4.01. The molecular weight excluding hydrogens is 376 g/mol. The predicted molar refractivity (Wildman–Crippen MR) is 105 cm³/mol. The fraction of sp³-hybridized carbons (Fsp3) is 0.150. The molecule has 0 radical (unpaired) electrons. The molecule has 0 fully saturated rings. The maximum absolute atomic E-state index is 12.1. The van der Waals surface area contributed by atoms with E-state index in [9.17, 15) is 19.7 Å². The van der Waals surface area contributed by atoms with Crippen molar-refractivity contribution in [3.63, 3.8) is 0 Å². The Morgan fingerprint density at radius 1 is 1.21 bits per heavy atom. The summed E-state index contributed by atoms with van der Waals surface area (Å²) < 4.78 is 6.56. The van der Waals surface area contributed by atoms with E-state index in [0.29, 0.717) is 12.1 Å². The van der Waals surface area contributed by atoms with E-state index in [2.05, 4.69) is 10.4 Å². The van der Waals surface area contributed by atoms with Crippen molar-refractivity contribution in [2.45, 2.75) is 13.5 Å². The molecule has 0 aliphatic rings. The van der Waals surface area contributed by atoms with Gasteiger partial charge in [-0.25, -0.2) is 4.79 Å². The Balaban J connectivity index is 1.56. The first-order valence-electron chi connectivity index (χ1n) is 8.71. The molecule has 9 nitrogen and oxygen atoms in total. The molecule has 3 rings (SSSR count). The first kappa shape index (κ1) is 19.7. The van der Waals surface area contributed by atoms with Gasteiger partial charge in [-0.15, -0.1) is 0 Å². The van der Waals surface area contributed by atoms with Crippen molar-refractivity contribution >= 4 is 23.3 Å². The molecule has 1 heterocycles. The van der Waals surface area contributed by atoms with Crippen molar-refractivity contribution in [1.82, 2.24) is 9.78 Å². The maximum Gasteiger partial charge on any atom is 0.341 e. The van der Waals surface area contributed by atoms with Crippen molar-refractivity contribution in [2.75, 3.05) is 11.9 Å². The number of hydrogen-bond donors (Lipinski definition) is 1. The fourth-order valence-electron chi connectivity index (χ4n) is 2.63. The standard InChI is InChI=1S/C20H18N4O5/c1-14-7-8-17(18(9-14)24(27)28)22-19(25)13-29-20(26)16-10-21-23(12-16)11-15-5-3-2-4-6-15/h2-10,12H,11,13H2,1H3,(H,22,25). The second kappa shape index (κ2) is 8.79. The van der Waals surface area contributed by atoms with Gasteiger partial charge in [-0.05, 0) is 24.1 Å². The lowest BCUT2D eigenvalue weighted by Crippen LogP contribution is -2.21. The summed E-state index contributed by atoms with van der Waals surface area (Å²) >= 11 is 0. The van der Waals surface area contributed by atoms with E-state index in [4.69, 9.17) is 4.74 Å². The Labute approximate surface area is 166 Å². The number of nitro benzene ring substituents is 1. The summed E-state index contributed by atoms with van der Waals surface area (Å²) in [7, 11) is 0. The molecule has 0 unspecified atom stereocenters. The summed E-state index contributed by atoms with van der Waals surface area (Å²) in [6, 6.07) is 14.0. The summed E-state index contributed by atoms with van der Waals surface area (Å²) in [5, 5.41) is 17.6. The molecule has 1 N–H and O–H groups in total. The number of nitrogens with one attached hydrogen (secondary N) is 1. The zero-order chi connectivity index (χ0) is 20.8. The molecule has 148 valence electrons. The lowest BCUT2D eigenvalue weighted by atomic mass is 10.2. The molecule has 2 aromatic carbocycles. The van der Waals surface area contributed by atoms with Crippen LogP contribution in [0.1, 0.15) is 21.5 Å². The summed E-state index contributed by atoms with van der Waals surface area (Å²) in [6.45, 7) is 1.62. The molecule has 0 saturated heterocycles. The molecule has 1 amide bonds. The average molecular weight is 394 g/mol. The van der Waals surface area contributed by atoms with E-state index in [0.717, 1.165) is 5.56 Å². The number of anilines is 1. The van der Waals surface area contributed by atoms with Crippen LogP contribution in [0.15, 0.2) is 60.9 Å². The van der Waals surface area contributed by atoms with Gasteiger partial charge in [0.05, 0.1) is 23.2 Å². The number of nitrogens with zero attached hydrogens (tertiary/aromatic N) is 3. The number of rotatable bonds is 7. The monoisotopic (exact) mass is 394 g/mol. The van der Waals surface area contributed by atoms with Gasteiger partial charge in [-0.1, -0.05) is 36.4 Å². The highest BCUT2D eigenvalue weighted by molar-refractivity contribution is 5.96. The SMILES string of the molecule is Cc1ccc(NC(=O)COC(=O)c2cnn(Cc3ccccc3)c2)c([N+](=O)[O-])c1. The lowest BCUT2D eigenvalue weighted by molar-refractivity contribution is -0.384. The number of benzene rings is 2. The third-order valence-electron chi connectivity index (χ3n) is 4.01. The van der Waals surface area contributed by atoms with Crippen LogP contribution in [0.25, 0.3) is 0 Å². The topological polar surface area (TPSA) is 116 Å². The molecule has 0 bridgehead atoms. The number of carbonyl (C=O) groups excluding carboxylic acids is 2. The Bertz CT molecular complexity index is 1050. The van der Waals surface area contributed by atoms with Crippen LogP contribution in [0, 0.1) is 17.0 Å². The van der Waals surface area contributed by atoms with Gasteiger partial charge in [0.2, 0.25) is 0 Å². The van der Waals surface area contributed by atoms with Crippen molar-refractivity contribution in [3.05, 3.63) is 87.7 Å². The van der Waals surface area contributed by atoms with Crippen molar-refractivity contribution in [1.29, 1.82) is 0 Å². The van der Waals surface area contributed by atoms with E-state index in [1.54, 1.807) is 17.7 Å². The normalized spacial score (nSPS) is 10.4. The second-order valence-electron chi connectivity index (χ2n) is 6.31. The van der Waals surface area contributed by atoms with Crippen LogP contribution in [0.2, 0.25) is 0 Å². The minimum Gasteiger partial charge on any atom is -0.452 e. The minimum absolute atomic E-state index is 0.0392. The first-order valence-corrected chi connectivity index (χ1v) is 8.71. The maximum atomic E-state index is 12.1. The van der Waals surface area contributed by atoms with Crippen LogP contribution in [0.5, 0.6) is 0 Å². The molecule has 0 aliphatic heterocycles. The average Bonchev–Trinajstić information content (AvgIpc) is 3.16. The summed E-state index contributed by atoms with van der Waals surface area (Å²) in [4.78, 5) is 34.7. The van der Waals surface area contributed by atoms with Gasteiger partial charge in [-0.2, -0.15) is 5.10 Å². The van der Waals surface area contributed by atoms with Crippen LogP contribution in [0.4, 0.5) is 11.4 Å². The number of aromatic nitrogens is 2. The lowest BCUT2D eigenvalue weighted by Gasteiger charge is -2.07. The van der Waals surface area contributed by atoms with E-state index < -0.39 is 23.4 Å². The van der Waals surface area contributed by atoms with Crippen LogP contribution in [0.3, 0.4) is 0 Å². The minimum atomic E-state index is -0.710. The Morgan fingerprint density at radius 3 is 2.69 bits per heavy atom. The Kier molecular flexibility index (Phi) is 5.98. The highest BCUT2D eigenvalue weighted by atomic mass is 16.6. The van der Waals surface area contributed by atoms with Crippen LogP contribution in [-0.4, -0.2) is 33.2 Å². The molecule has 9 heteroatoms. The fourth-order valence-corrected chi connectivity index (χ4v) is 2.63. The molecule has 3 aromatic rings. The zero-order valence-electron chi connectivity index (χ0n) is 15.6. The van der Waals surface area contributed by atoms with E-state index in [1.165, 1.54) is 24.5 Å². The number of amides is 1.